The first kappa shape index (κ1) is 10.8. The largest absolute Gasteiger partial charge is 0.296 e. The monoisotopic (exact) mass is 226 g/mol. The minimum Gasteiger partial charge on any atom is -0.296 e. The van der Waals surface area contributed by atoms with Gasteiger partial charge in [0.2, 0.25) is 0 Å². The van der Waals surface area contributed by atoms with Crippen molar-refractivity contribution >= 4 is 0 Å². The molecular formula is C15H18N2. The zero-order valence-electron chi connectivity index (χ0n) is 10.0. The van der Waals surface area contributed by atoms with Gasteiger partial charge in [-0.1, -0.05) is 30.3 Å². The lowest BCUT2D eigenvalue weighted by atomic mass is 9.81. The van der Waals surface area contributed by atoms with E-state index in [9.17, 15) is 0 Å². The van der Waals surface area contributed by atoms with Gasteiger partial charge in [-0.2, -0.15) is 5.26 Å². The lowest BCUT2D eigenvalue weighted by molar-refractivity contribution is 0.234. The Hall–Kier alpha value is -1.33. The van der Waals surface area contributed by atoms with Crippen LogP contribution in [0.25, 0.3) is 0 Å². The number of benzene rings is 1. The van der Waals surface area contributed by atoms with Crippen molar-refractivity contribution in [1.29, 1.82) is 5.26 Å². The van der Waals surface area contributed by atoms with Gasteiger partial charge >= 0.3 is 0 Å². The molecule has 2 bridgehead atoms. The van der Waals surface area contributed by atoms with E-state index in [0.717, 1.165) is 25.6 Å². The number of fused-ring (bicyclic) bond motifs is 2. The van der Waals surface area contributed by atoms with Gasteiger partial charge in [-0.15, -0.1) is 0 Å². The highest BCUT2D eigenvalue weighted by molar-refractivity contribution is 5.15. The summed E-state index contributed by atoms with van der Waals surface area (Å²) < 4.78 is 0. The standard InChI is InChI=1S/C15H18N2/c16-9-13-6-7-15-8-14(13)11-17(15)10-12-4-2-1-3-5-12/h1-5,13-15H,6-8,10-11H2/t13-,14+,15-/m0/s1. The first-order chi connectivity index (χ1) is 8.36. The normalized spacial score (nSPS) is 32.3. The van der Waals surface area contributed by atoms with Crippen LogP contribution in [0.3, 0.4) is 0 Å². The van der Waals surface area contributed by atoms with E-state index < -0.39 is 0 Å². The molecule has 3 rings (SSSR count). The highest BCUT2D eigenvalue weighted by atomic mass is 15.2. The maximum absolute atomic E-state index is 9.12. The lowest BCUT2D eigenvalue weighted by Gasteiger charge is -2.25. The average molecular weight is 226 g/mol. The molecule has 0 aromatic heterocycles. The van der Waals surface area contributed by atoms with Gasteiger partial charge in [-0.25, -0.2) is 0 Å². The van der Waals surface area contributed by atoms with Crippen molar-refractivity contribution in [3.8, 4) is 6.07 Å². The molecule has 1 aliphatic heterocycles. The minimum absolute atomic E-state index is 0.312. The number of hydrogen-bond donors (Lipinski definition) is 0. The van der Waals surface area contributed by atoms with Gasteiger partial charge in [0.25, 0.3) is 0 Å². The van der Waals surface area contributed by atoms with Crippen LogP contribution < -0.4 is 0 Å². The summed E-state index contributed by atoms with van der Waals surface area (Å²) in [5, 5.41) is 9.12. The van der Waals surface area contributed by atoms with E-state index in [-0.39, 0.29) is 0 Å². The Kier molecular flexibility index (Phi) is 2.86. The Morgan fingerprint density at radius 1 is 1.24 bits per heavy atom. The molecule has 0 spiro atoms. The van der Waals surface area contributed by atoms with Crippen LogP contribution in [0.15, 0.2) is 30.3 Å². The average Bonchev–Trinajstić information content (AvgIpc) is 2.68. The number of likely N-dealkylation sites (tertiary alicyclic amines) is 1. The van der Waals surface area contributed by atoms with Crippen molar-refractivity contribution < 1.29 is 0 Å². The zero-order valence-corrected chi connectivity index (χ0v) is 10.0. The smallest absolute Gasteiger partial charge is 0.0659 e. The molecule has 2 nitrogen and oxygen atoms in total. The second-order valence-corrected chi connectivity index (χ2v) is 5.38. The Morgan fingerprint density at radius 2 is 2.06 bits per heavy atom. The van der Waals surface area contributed by atoms with Crippen LogP contribution in [0.4, 0.5) is 0 Å². The fourth-order valence-electron chi connectivity index (χ4n) is 3.40. The second kappa shape index (κ2) is 4.50. The number of rotatable bonds is 2. The Balaban J connectivity index is 1.69. The topological polar surface area (TPSA) is 27.0 Å². The molecule has 17 heavy (non-hydrogen) atoms. The molecule has 88 valence electrons. The molecule has 0 amide bonds. The summed E-state index contributed by atoms with van der Waals surface area (Å²) in [6, 6.07) is 13.9. The van der Waals surface area contributed by atoms with Crippen molar-refractivity contribution in [1.82, 2.24) is 4.90 Å². The van der Waals surface area contributed by atoms with Gasteiger partial charge in [0.1, 0.15) is 0 Å². The Morgan fingerprint density at radius 3 is 2.82 bits per heavy atom. The summed E-state index contributed by atoms with van der Waals surface area (Å²) in [6.07, 6.45) is 3.56. The SMILES string of the molecule is N#C[C@@H]1CC[C@H]2C[C@@H]1CN2Cc1ccccc1. The van der Waals surface area contributed by atoms with Gasteiger partial charge in [0.05, 0.1) is 12.0 Å². The molecule has 2 fully saturated rings. The molecule has 0 N–H and O–H groups in total. The van der Waals surface area contributed by atoms with E-state index in [4.69, 9.17) is 5.26 Å². The fraction of sp³-hybridized carbons (Fsp3) is 0.533. The summed E-state index contributed by atoms with van der Waals surface area (Å²) in [6.45, 7) is 2.18. The molecule has 1 aromatic carbocycles. The van der Waals surface area contributed by atoms with Crippen molar-refractivity contribution in [3.05, 3.63) is 35.9 Å². The molecule has 1 saturated carbocycles. The van der Waals surface area contributed by atoms with Crippen molar-refractivity contribution in [2.75, 3.05) is 6.54 Å². The maximum Gasteiger partial charge on any atom is 0.0659 e. The van der Waals surface area contributed by atoms with E-state index in [2.05, 4.69) is 41.3 Å². The van der Waals surface area contributed by atoms with Gasteiger partial charge in [0.15, 0.2) is 0 Å². The summed E-state index contributed by atoms with van der Waals surface area (Å²) in [5.74, 6) is 0.939. The minimum atomic E-state index is 0.312. The molecule has 0 radical (unpaired) electrons. The van der Waals surface area contributed by atoms with Gasteiger partial charge in [0, 0.05) is 19.1 Å². The quantitative estimate of drug-likeness (QED) is 0.775. The zero-order chi connectivity index (χ0) is 11.7. The van der Waals surface area contributed by atoms with E-state index in [1.165, 1.54) is 18.4 Å². The highest BCUT2D eigenvalue weighted by Gasteiger charge is 2.40. The summed E-state index contributed by atoms with van der Waals surface area (Å²) in [7, 11) is 0. The molecule has 1 aromatic rings. The van der Waals surface area contributed by atoms with Gasteiger partial charge in [-0.3, -0.25) is 4.90 Å². The van der Waals surface area contributed by atoms with Crippen LogP contribution in [-0.2, 0) is 6.54 Å². The van der Waals surface area contributed by atoms with Gasteiger partial charge < -0.3 is 0 Å². The van der Waals surface area contributed by atoms with Crippen LogP contribution >= 0.6 is 0 Å². The molecule has 0 unspecified atom stereocenters. The third-order valence-electron chi connectivity index (χ3n) is 4.33. The van der Waals surface area contributed by atoms with Crippen LogP contribution in [-0.4, -0.2) is 17.5 Å². The summed E-state index contributed by atoms with van der Waals surface area (Å²) in [4.78, 5) is 2.58. The number of nitrogens with zero attached hydrogens (tertiary/aromatic N) is 2. The fourth-order valence-corrected chi connectivity index (χ4v) is 3.40. The molecule has 1 saturated heterocycles. The highest BCUT2D eigenvalue weighted by Crippen LogP contribution is 2.39. The predicted molar refractivity (Wildman–Crippen MR) is 67.1 cm³/mol. The molecule has 1 aliphatic carbocycles. The van der Waals surface area contributed by atoms with Crippen molar-refractivity contribution in [2.24, 2.45) is 11.8 Å². The van der Waals surface area contributed by atoms with E-state index >= 15 is 0 Å². The first-order valence-electron chi connectivity index (χ1n) is 6.54. The molecule has 1 heterocycles. The Labute approximate surface area is 103 Å². The van der Waals surface area contributed by atoms with Gasteiger partial charge in [-0.05, 0) is 30.7 Å². The molecule has 3 atom stereocenters. The maximum atomic E-state index is 9.12. The van der Waals surface area contributed by atoms with Crippen LogP contribution in [0, 0.1) is 23.2 Å². The van der Waals surface area contributed by atoms with Crippen LogP contribution in [0.1, 0.15) is 24.8 Å². The number of nitriles is 1. The first-order valence-corrected chi connectivity index (χ1v) is 6.54. The van der Waals surface area contributed by atoms with E-state index in [1.807, 2.05) is 0 Å². The van der Waals surface area contributed by atoms with E-state index in [0.29, 0.717) is 11.8 Å². The number of hydrogen-bond acceptors (Lipinski definition) is 2. The molecule has 2 heteroatoms. The van der Waals surface area contributed by atoms with Crippen LogP contribution in [0.2, 0.25) is 0 Å². The van der Waals surface area contributed by atoms with Crippen molar-refractivity contribution in [2.45, 2.75) is 31.8 Å². The van der Waals surface area contributed by atoms with Crippen LogP contribution in [0.5, 0.6) is 0 Å². The molecule has 2 aliphatic rings. The lowest BCUT2D eigenvalue weighted by Crippen LogP contribution is -2.28. The van der Waals surface area contributed by atoms with Crippen molar-refractivity contribution in [3.63, 3.8) is 0 Å². The van der Waals surface area contributed by atoms with E-state index in [1.54, 1.807) is 0 Å². The summed E-state index contributed by atoms with van der Waals surface area (Å²) in [5.41, 5.74) is 1.40. The third kappa shape index (κ3) is 2.08. The predicted octanol–water partition coefficient (Wildman–Crippen LogP) is 2.81. The summed E-state index contributed by atoms with van der Waals surface area (Å²) >= 11 is 0. The molecular weight excluding hydrogens is 208 g/mol. The third-order valence-corrected chi connectivity index (χ3v) is 4.33. The second-order valence-electron chi connectivity index (χ2n) is 5.38. The Bertz CT molecular complexity index is 420.